The van der Waals surface area contributed by atoms with E-state index in [9.17, 15) is 14.4 Å². The van der Waals surface area contributed by atoms with Gasteiger partial charge in [0.05, 0.1) is 0 Å². The SMILES string of the molecule is O=P(O)(O)C(NCc1cccs1)c1ccsc1. The fraction of sp³-hybridized carbons (Fsp3) is 0.200. The highest BCUT2D eigenvalue weighted by molar-refractivity contribution is 7.52. The van der Waals surface area contributed by atoms with Gasteiger partial charge >= 0.3 is 7.60 Å². The lowest BCUT2D eigenvalue weighted by Gasteiger charge is -2.18. The van der Waals surface area contributed by atoms with Gasteiger partial charge in [0.1, 0.15) is 5.78 Å². The third-order valence-corrected chi connectivity index (χ3v) is 4.98. The van der Waals surface area contributed by atoms with E-state index in [1.165, 1.54) is 11.3 Å². The van der Waals surface area contributed by atoms with E-state index in [0.29, 0.717) is 12.1 Å². The highest BCUT2D eigenvalue weighted by Crippen LogP contribution is 2.50. The molecule has 2 aromatic rings. The summed E-state index contributed by atoms with van der Waals surface area (Å²) in [6.45, 7) is 0.462. The van der Waals surface area contributed by atoms with Crippen molar-refractivity contribution in [1.29, 1.82) is 0 Å². The number of hydrogen-bond donors (Lipinski definition) is 3. The molecular formula is C10H12NO3PS2. The van der Waals surface area contributed by atoms with Gasteiger partial charge in [0.25, 0.3) is 0 Å². The number of thiophene rings is 2. The molecule has 0 amide bonds. The summed E-state index contributed by atoms with van der Waals surface area (Å²) in [5.41, 5.74) is 0.639. The standard InChI is InChI=1S/C10H12NO3PS2/c12-15(13,14)10(8-3-5-16-7-8)11-6-9-2-1-4-17-9/h1-5,7,10-11H,6H2,(H2,12,13,14). The van der Waals surface area contributed by atoms with Crippen LogP contribution >= 0.6 is 30.3 Å². The molecule has 0 aromatic carbocycles. The molecule has 2 rings (SSSR count). The number of nitrogens with one attached hydrogen (secondary N) is 1. The van der Waals surface area contributed by atoms with Gasteiger partial charge < -0.3 is 9.79 Å². The first-order chi connectivity index (χ1) is 8.07. The van der Waals surface area contributed by atoms with E-state index in [1.54, 1.807) is 22.8 Å². The normalized spacial score (nSPS) is 13.8. The molecule has 0 spiro atoms. The second-order valence-electron chi connectivity index (χ2n) is 3.51. The Balaban J connectivity index is 2.10. The molecule has 0 radical (unpaired) electrons. The number of hydrogen-bond acceptors (Lipinski definition) is 4. The minimum Gasteiger partial charge on any atom is -0.323 e. The van der Waals surface area contributed by atoms with Crippen molar-refractivity contribution in [3.05, 3.63) is 44.8 Å². The second kappa shape index (κ2) is 5.44. The van der Waals surface area contributed by atoms with E-state index in [2.05, 4.69) is 5.32 Å². The lowest BCUT2D eigenvalue weighted by atomic mass is 10.3. The Kier molecular flexibility index (Phi) is 4.14. The highest BCUT2D eigenvalue weighted by atomic mass is 32.1. The van der Waals surface area contributed by atoms with Gasteiger partial charge in [-0.15, -0.1) is 11.3 Å². The molecular weight excluding hydrogens is 277 g/mol. The van der Waals surface area contributed by atoms with Crippen LogP contribution in [0.25, 0.3) is 0 Å². The summed E-state index contributed by atoms with van der Waals surface area (Å²) in [6, 6.07) is 5.58. The molecule has 0 saturated heterocycles. The topological polar surface area (TPSA) is 69.6 Å². The van der Waals surface area contributed by atoms with Crippen LogP contribution in [-0.4, -0.2) is 9.79 Å². The Morgan fingerprint density at radius 1 is 1.35 bits per heavy atom. The zero-order valence-electron chi connectivity index (χ0n) is 8.81. The van der Waals surface area contributed by atoms with Crippen LogP contribution in [0.4, 0.5) is 0 Å². The van der Waals surface area contributed by atoms with Crippen LogP contribution in [0.15, 0.2) is 34.3 Å². The summed E-state index contributed by atoms with van der Waals surface area (Å²) >= 11 is 2.99. The average molecular weight is 289 g/mol. The van der Waals surface area contributed by atoms with Gasteiger partial charge in [-0.2, -0.15) is 11.3 Å². The van der Waals surface area contributed by atoms with Crippen molar-refractivity contribution in [3.63, 3.8) is 0 Å². The van der Waals surface area contributed by atoms with Crippen LogP contribution in [0.5, 0.6) is 0 Å². The summed E-state index contributed by atoms with van der Waals surface area (Å²) in [4.78, 5) is 19.7. The Morgan fingerprint density at radius 3 is 2.71 bits per heavy atom. The van der Waals surface area contributed by atoms with E-state index in [1.807, 2.05) is 22.9 Å². The zero-order valence-corrected chi connectivity index (χ0v) is 11.3. The van der Waals surface area contributed by atoms with Gasteiger partial charge in [0, 0.05) is 11.4 Å². The van der Waals surface area contributed by atoms with E-state index >= 15 is 0 Å². The molecule has 1 unspecified atom stereocenters. The van der Waals surface area contributed by atoms with E-state index in [4.69, 9.17) is 0 Å². The fourth-order valence-corrected chi connectivity index (χ4v) is 3.79. The molecule has 1 atom stereocenters. The first kappa shape index (κ1) is 13.0. The van der Waals surface area contributed by atoms with Gasteiger partial charge in [-0.05, 0) is 33.8 Å². The van der Waals surface area contributed by atoms with Gasteiger partial charge in [-0.3, -0.25) is 9.88 Å². The van der Waals surface area contributed by atoms with Crippen molar-refractivity contribution in [2.24, 2.45) is 0 Å². The lowest BCUT2D eigenvalue weighted by molar-refractivity contribution is 0.347. The first-order valence-electron chi connectivity index (χ1n) is 4.90. The van der Waals surface area contributed by atoms with Crippen molar-refractivity contribution >= 4 is 30.3 Å². The molecule has 2 heterocycles. The molecule has 3 N–H and O–H groups in total. The van der Waals surface area contributed by atoms with Crippen molar-refractivity contribution in [3.8, 4) is 0 Å². The Bertz CT molecular complexity index is 492. The zero-order chi connectivity index (χ0) is 12.3. The highest BCUT2D eigenvalue weighted by Gasteiger charge is 2.30. The summed E-state index contributed by atoms with van der Waals surface area (Å²) in [6.07, 6.45) is 0. The van der Waals surface area contributed by atoms with Gasteiger partial charge in [-0.25, -0.2) is 0 Å². The summed E-state index contributed by atoms with van der Waals surface area (Å²) in [5.74, 6) is -0.921. The molecule has 7 heteroatoms. The maximum Gasteiger partial charge on any atom is 0.346 e. The van der Waals surface area contributed by atoms with Crippen molar-refractivity contribution in [2.75, 3.05) is 0 Å². The summed E-state index contributed by atoms with van der Waals surface area (Å²) < 4.78 is 11.4. The number of rotatable bonds is 5. The van der Waals surface area contributed by atoms with Crippen LogP contribution in [0, 0.1) is 0 Å². The largest absolute Gasteiger partial charge is 0.346 e. The molecule has 0 aliphatic carbocycles. The van der Waals surface area contributed by atoms with Crippen molar-refractivity contribution in [1.82, 2.24) is 5.32 Å². The van der Waals surface area contributed by atoms with Crippen LogP contribution in [0.3, 0.4) is 0 Å². The Morgan fingerprint density at radius 2 is 2.18 bits per heavy atom. The average Bonchev–Trinajstić information content (AvgIpc) is 2.86. The van der Waals surface area contributed by atoms with Crippen LogP contribution in [0.1, 0.15) is 16.2 Å². The first-order valence-corrected chi connectivity index (χ1v) is 8.41. The van der Waals surface area contributed by atoms with E-state index < -0.39 is 13.4 Å². The lowest BCUT2D eigenvalue weighted by Crippen LogP contribution is -2.20. The maximum absolute atomic E-state index is 11.4. The Hall–Kier alpha value is -0.490. The van der Waals surface area contributed by atoms with Gasteiger partial charge in [-0.1, -0.05) is 6.07 Å². The van der Waals surface area contributed by atoms with Crippen molar-refractivity contribution in [2.45, 2.75) is 12.3 Å². The summed E-state index contributed by atoms with van der Waals surface area (Å²) in [7, 11) is -4.18. The predicted molar refractivity (Wildman–Crippen MR) is 70.3 cm³/mol. The molecule has 0 aliphatic rings. The third kappa shape index (κ3) is 3.48. The van der Waals surface area contributed by atoms with Crippen LogP contribution in [0.2, 0.25) is 0 Å². The van der Waals surface area contributed by atoms with Crippen LogP contribution in [-0.2, 0) is 11.1 Å². The fourth-order valence-electron chi connectivity index (χ4n) is 1.47. The monoisotopic (exact) mass is 289 g/mol. The summed E-state index contributed by atoms with van der Waals surface area (Å²) in [5, 5.41) is 8.42. The minimum absolute atomic E-state index is 0.462. The molecule has 92 valence electrons. The second-order valence-corrected chi connectivity index (χ2v) is 7.02. The quantitative estimate of drug-likeness (QED) is 0.740. The molecule has 0 saturated carbocycles. The third-order valence-electron chi connectivity index (χ3n) is 2.25. The van der Waals surface area contributed by atoms with E-state index in [0.717, 1.165) is 4.88 Å². The molecule has 0 aliphatic heterocycles. The Labute approximate surface area is 107 Å². The van der Waals surface area contributed by atoms with Gasteiger partial charge in [0.2, 0.25) is 0 Å². The molecule has 17 heavy (non-hydrogen) atoms. The molecule has 0 fully saturated rings. The predicted octanol–water partition coefficient (Wildman–Crippen LogP) is 2.78. The molecule has 0 bridgehead atoms. The smallest absolute Gasteiger partial charge is 0.323 e. The van der Waals surface area contributed by atoms with E-state index in [-0.39, 0.29) is 0 Å². The van der Waals surface area contributed by atoms with Crippen molar-refractivity contribution < 1.29 is 14.4 Å². The molecule has 4 nitrogen and oxygen atoms in total. The van der Waals surface area contributed by atoms with Gasteiger partial charge in [0.15, 0.2) is 0 Å². The maximum atomic E-state index is 11.4. The molecule has 2 aromatic heterocycles. The minimum atomic E-state index is -4.18. The van der Waals surface area contributed by atoms with Crippen LogP contribution < -0.4 is 5.32 Å².